The van der Waals surface area contributed by atoms with E-state index in [1.54, 1.807) is 0 Å². The summed E-state index contributed by atoms with van der Waals surface area (Å²) in [4.78, 5) is 24.3. The molecule has 1 aliphatic rings. The van der Waals surface area contributed by atoms with E-state index in [9.17, 15) is 14.9 Å². The number of hydrogen-bond donors (Lipinski definition) is 1. The predicted molar refractivity (Wildman–Crippen MR) is 72.2 cm³/mol. The van der Waals surface area contributed by atoms with Crippen molar-refractivity contribution in [1.82, 2.24) is 20.0 Å². The molecule has 0 spiro atoms. The second kappa shape index (κ2) is 6.47. The highest BCUT2D eigenvalue weighted by Crippen LogP contribution is 2.12. The molecule has 0 aromatic carbocycles. The average Bonchev–Trinajstić information content (AvgIpc) is 3.06. The zero-order chi connectivity index (χ0) is 14.5. The van der Waals surface area contributed by atoms with Gasteiger partial charge in [0.2, 0.25) is 5.91 Å². The van der Waals surface area contributed by atoms with Gasteiger partial charge < -0.3 is 10.2 Å². The summed E-state index contributed by atoms with van der Waals surface area (Å²) in [5.74, 6) is -0.0430. The zero-order valence-electron chi connectivity index (χ0n) is 11.5. The van der Waals surface area contributed by atoms with Gasteiger partial charge in [-0.2, -0.15) is 5.10 Å². The second-order valence-electron chi connectivity index (χ2n) is 4.89. The standard InChI is InChI=1S/C12H19N5O3/c1-2-5-16(10-3-4-13-6-10)12(18)9-15-8-11(7-14-15)17(19)20/h7-8,10,13H,2-6,9H2,1H3. The fraction of sp³-hybridized carbons (Fsp3) is 0.667. The molecular formula is C12H19N5O3. The number of nitrogens with zero attached hydrogens (tertiary/aromatic N) is 4. The van der Waals surface area contributed by atoms with Gasteiger partial charge in [0, 0.05) is 19.1 Å². The van der Waals surface area contributed by atoms with Gasteiger partial charge in [0.25, 0.3) is 0 Å². The van der Waals surface area contributed by atoms with Crippen LogP contribution >= 0.6 is 0 Å². The number of amides is 1. The lowest BCUT2D eigenvalue weighted by atomic mass is 10.2. The van der Waals surface area contributed by atoms with Gasteiger partial charge in [-0.25, -0.2) is 0 Å². The van der Waals surface area contributed by atoms with Crippen LogP contribution in [0.2, 0.25) is 0 Å². The van der Waals surface area contributed by atoms with Gasteiger partial charge in [-0.15, -0.1) is 0 Å². The Balaban J connectivity index is 2.01. The Bertz CT molecular complexity index is 481. The number of nitrogens with one attached hydrogen (secondary N) is 1. The van der Waals surface area contributed by atoms with Crippen LogP contribution in [0.4, 0.5) is 5.69 Å². The van der Waals surface area contributed by atoms with Crippen molar-refractivity contribution >= 4 is 11.6 Å². The summed E-state index contributed by atoms with van der Waals surface area (Å²) in [5, 5.41) is 17.7. The van der Waals surface area contributed by atoms with E-state index >= 15 is 0 Å². The molecular weight excluding hydrogens is 262 g/mol. The summed E-state index contributed by atoms with van der Waals surface area (Å²) in [6, 6.07) is 0.216. The normalized spacial score (nSPS) is 18.1. The third-order valence-electron chi connectivity index (χ3n) is 3.39. The minimum atomic E-state index is -0.515. The van der Waals surface area contributed by atoms with Gasteiger partial charge in [-0.1, -0.05) is 6.92 Å². The predicted octanol–water partition coefficient (Wildman–Crippen LogP) is 0.392. The van der Waals surface area contributed by atoms with Crippen molar-refractivity contribution < 1.29 is 9.72 Å². The number of hydrogen-bond acceptors (Lipinski definition) is 5. The van der Waals surface area contributed by atoms with Gasteiger partial charge in [0.15, 0.2) is 0 Å². The van der Waals surface area contributed by atoms with E-state index in [-0.39, 0.29) is 24.2 Å². The van der Waals surface area contributed by atoms with Crippen LogP contribution < -0.4 is 5.32 Å². The molecule has 8 nitrogen and oxygen atoms in total. The van der Waals surface area contributed by atoms with Crippen molar-refractivity contribution in [2.24, 2.45) is 0 Å². The summed E-state index contributed by atoms with van der Waals surface area (Å²) < 4.78 is 1.32. The van der Waals surface area contributed by atoms with E-state index in [2.05, 4.69) is 10.4 Å². The maximum atomic E-state index is 12.3. The van der Waals surface area contributed by atoms with E-state index < -0.39 is 4.92 Å². The first kappa shape index (κ1) is 14.4. The second-order valence-corrected chi connectivity index (χ2v) is 4.89. The zero-order valence-corrected chi connectivity index (χ0v) is 11.5. The smallest absolute Gasteiger partial charge is 0.307 e. The fourth-order valence-corrected chi connectivity index (χ4v) is 2.42. The van der Waals surface area contributed by atoms with Gasteiger partial charge in [-0.05, 0) is 19.4 Å². The summed E-state index contributed by atoms with van der Waals surface area (Å²) in [7, 11) is 0. The molecule has 1 saturated heterocycles. The van der Waals surface area contributed by atoms with Crippen LogP contribution in [-0.2, 0) is 11.3 Å². The van der Waals surface area contributed by atoms with E-state index in [1.807, 2.05) is 11.8 Å². The highest BCUT2D eigenvalue weighted by Gasteiger charge is 2.26. The first-order valence-corrected chi connectivity index (χ1v) is 6.79. The minimum Gasteiger partial charge on any atom is -0.337 e. The van der Waals surface area contributed by atoms with Gasteiger partial charge in [-0.3, -0.25) is 19.6 Å². The van der Waals surface area contributed by atoms with Gasteiger partial charge in [0.1, 0.15) is 18.9 Å². The molecule has 1 unspecified atom stereocenters. The third-order valence-corrected chi connectivity index (χ3v) is 3.39. The molecule has 2 heterocycles. The Morgan fingerprint density at radius 2 is 2.50 bits per heavy atom. The number of carbonyl (C=O) groups is 1. The lowest BCUT2D eigenvalue weighted by Crippen LogP contribution is -2.43. The van der Waals surface area contributed by atoms with Crippen LogP contribution in [0.1, 0.15) is 19.8 Å². The Kier molecular flexibility index (Phi) is 4.67. The van der Waals surface area contributed by atoms with Crippen LogP contribution in [0.15, 0.2) is 12.4 Å². The monoisotopic (exact) mass is 281 g/mol. The van der Waals surface area contributed by atoms with Crippen LogP contribution in [0.25, 0.3) is 0 Å². The molecule has 1 aromatic heterocycles. The molecule has 110 valence electrons. The SMILES string of the molecule is CCCN(C(=O)Cn1cc([N+](=O)[O-])cn1)C1CCNC1. The molecule has 1 atom stereocenters. The summed E-state index contributed by atoms with van der Waals surface area (Å²) in [6.45, 7) is 4.51. The van der Waals surface area contributed by atoms with E-state index in [0.717, 1.165) is 32.1 Å². The largest absolute Gasteiger partial charge is 0.337 e. The highest BCUT2D eigenvalue weighted by atomic mass is 16.6. The Morgan fingerprint density at radius 3 is 3.05 bits per heavy atom. The molecule has 1 aromatic rings. The first-order chi connectivity index (χ1) is 9.61. The fourth-order valence-electron chi connectivity index (χ4n) is 2.42. The molecule has 2 rings (SSSR count). The van der Waals surface area contributed by atoms with Crippen molar-refractivity contribution in [3.05, 3.63) is 22.5 Å². The topological polar surface area (TPSA) is 93.3 Å². The number of rotatable bonds is 6. The number of carbonyl (C=O) groups excluding carboxylic acids is 1. The Hall–Kier alpha value is -1.96. The van der Waals surface area contributed by atoms with Crippen molar-refractivity contribution in [3.8, 4) is 0 Å². The van der Waals surface area contributed by atoms with Crippen LogP contribution in [0, 0.1) is 10.1 Å². The van der Waals surface area contributed by atoms with Crippen molar-refractivity contribution in [2.75, 3.05) is 19.6 Å². The molecule has 8 heteroatoms. The van der Waals surface area contributed by atoms with Crippen molar-refractivity contribution in [1.29, 1.82) is 0 Å². The molecule has 0 radical (unpaired) electrons. The molecule has 1 amide bonds. The van der Waals surface area contributed by atoms with Gasteiger partial charge >= 0.3 is 5.69 Å². The average molecular weight is 281 g/mol. The molecule has 1 aliphatic heterocycles. The maximum absolute atomic E-state index is 12.3. The highest BCUT2D eigenvalue weighted by molar-refractivity contribution is 5.76. The van der Waals surface area contributed by atoms with Crippen molar-refractivity contribution in [3.63, 3.8) is 0 Å². The molecule has 20 heavy (non-hydrogen) atoms. The minimum absolute atomic E-state index is 0.0430. The maximum Gasteiger partial charge on any atom is 0.307 e. The first-order valence-electron chi connectivity index (χ1n) is 6.79. The van der Waals surface area contributed by atoms with Crippen molar-refractivity contribution in [2.45, 2.75) is 32.4 Å². The lowest BCUT2D eigenvalue weighted by Gasteiger charge is -2.28. The molecule has 0 aliphatic carbocycles. The van der Waals surface area contributed by atoms with Crippen LogP contribution in [0.3, 0.4) is 0 Å². The summed E-state index contributed by atoms with van der Waals surface area (Å²) in [5.41, 5.74) is -0.0950. The van der Waals surface area contributed by atoms with Gasteiger partial charge in [0.05, 0.1) is 4.92 Å². The summed E-state index contributed by atoms with van der Waals surface area (Å²) in [6.07, 6.45) is 4.29. The Labute approximate surface area is 116 Å². The number of nitro groups is 1. The molecule has 0 bridgehead atoms. The third kappa shape index (κ3) is 3.32. The number of aromatic nitrogens is 2. The van der Waals surface area contributed by atoms with E-state index in [0.29, 0.717) is 6.54 Å². The molecule has 1 N–H and O–H groups in total. The Morgan fingerprint density at radius 1 is 1.70 bits per heavy atom. The molecule has 0 saturated carbocycles. The van der Waals surface area contributed by atoms with Crippen LogP contribution in [0.5, 0.6) is 0 Å². The lowest BCUT2D eigenvalue weighted by molar-refractivity contribution is -0.385. The quantitative estimate of drug-likeness (QED) is 0.601. The molecule has 1 fully saturated rings. The van der Waals surface area contributed by atoms with E-state index in [4.69, 9.17) is 0 Å². The summed E-state index contributed by atoms with van der Waals surface area (Å²) >= 11 is 0. The van der Waals surface area contributed by atoms with Crippen LogP contribution in [-0.4, -0.2) is 51.2 Å². The van der Waals surface area contributed by atoms with E-state index in [1.165, 1.54) is 10.9 Å².